The summed E-state index contributed by atoms with van der Waals surface area (Å²) in [5.41, 5.74) is 1.73. The molecule has 82 valence electrons. The molecule has 0 unspecified atom stereocenters. The smallest absolute Gasteiger partial charge is 0.123 e. The summed E-state index contributed by atoms with van der Waals surface area (Å²) in [6.45, 7) is 6.85. The van der Waals surface area contributed by atoms with E-state index >= 15 is 0 Å². The Morgan fingerprint density at radius 3 is 2.33 bits per heavy atom. The van der Waals surface area contributed by atoms with E-state index in [-0.39, 0.29) is 5.82 Å². The van der Waals surface area contributed by atoms with Crippen molar-refractivity contribution in [3.8, 4) is 0 Å². The van der Waals surface area contributed by atoms with Crippen LogP contribution >= 0.6 is 0 Å². The average molecular weight is 206 g/mol. The van der Waals surface area contributed by atoms with E-state index in [1.807, 2.05) is 12.1 Å². The molecule has 0 radical (unpaired) electrons. The van der Waals surface area contributed by atoms with Crippen molar-refractivity contribution in [1.29, 1.82) is 0 Å². The molecule has 2 atom stereocenters. The van der Waals surface area contributed by atoms with Gasteiger partial charge in [0.25, 0.3) is 0 Å². The molecule has 1 aromatic rings. The maximum absolute atomic E-state index is 12.7. The van der Waals surface area contributed by atoms with Gasteiger partial charge < -0.3 is 0 Å². The van der Waals surface area contributed by atoms with Crippen LogP contribution in [0.3, 0.4) is 0 Å². The molecule has 0 saturated heterocycles. The zero-order chi connectivity index (χ0) is 11.1. The van der Waals surface area contributed by atoms with Gasteiger partial charge in [0.1, 0.15) is 5.82 Å². The summed E-state index contributed by atoms with van der Waals surface area (Å²) in [4.78, 5) is 0. The minimum Gasteiger partial charge on any atom is -0.207 e. The molecule has 1 fully saturated rings. The lowest BCUT2D eigenvalue weighted by atomic mass is 9.88. The molecule has 0 aliphatic heterocycles. The van der Waals surface area contributed by atoms with Crippen molar-refractivity contribution in [3.05, 3.63) is 35.6 Å². The highest BCUT2D eigenvalue weighted by Crippen LogP contribution is 2.52. The van der Waals surface area contributed by atoms with Crippen molar-refractivity contribution in [3.63, 3.8) is 0 Å². The lowest BCUT2D eigenvalue weighted by Crippen LogP contribution is -2.06. The molecule has 15 heavy (non-hydrogen) atoms. The molecule has 1 aliphatic carbocycles. The molecular weight excluding hydrogens is 187 g/mol. The maximum atomic E-state index is 12.7. The molecule has 0 N–H and O–H groups in total. The van der Waals surface area contributed by atoms with Gasteiger partial charge in [0.05, 0.1) is 0 Å². The zero-order valence-electron chi connectivity index (χ0n) is 9.76. The SMILES string of the molecule is CC(C)(C)C[C@@H]1C[C@H]1c1ccc(F)cc1. The first-order valence-corrected chi connectivity index (χ1v) is 5.71. The van der Waals surface area contributed by atoms with E-state index in [1.54, 1.807) is 12.1 Å². The molecule has 0 bridgehead atoms. The first-order valence-electron chi connectivity index (χ1n) is 5.71. The number of halogens is 1. The fourth-order valence-electron chi connectivity index (χ4n) is 2.38. The van der Waals surface area contributed by atoms with E-state index in [1.165, 1.54) is 18.4 Å². The van der Waals surface area contributed by atoms with E-state index in [9.17, 15) is 4.39 Å². The normalized spacial score (nSPS) is 25.3. The molecule has 2 rings (SSSR count). The number of rotatable bonds is 2. The quantitative estimate of drug-likeness (QED) is 0.674. The molecule has 0 heterocycles. The van der Waals surface area contributed by atoms with Gasteiger partial charge in [-0.2, -0.15) is 0 Å². The first kappa shape index (κ1) is 10.7. The Bertz CT molecular complexity index is 331. The van der Waals surface area contributed by atoms with Gasteiger partial charge in [-0.25, -0.2) is 4.39 Å². The fraction of sp³-hybridized carbons (Fsp3) is 0.571. The summed E-state index contributed by atoms with van der Waals surface area (Å²) in [7, 11) is 0. The molecule has 1 heteroatoms. The highest BCUT2D eigenvalue weighted by molar-refractivity contribution is 5.26. The van der Waals surface area contributed by atoms with Crippen LogP contribution in [0.4, 0.5) is 4.39 Å². The third-order valence-electron chi connectivity index (χ3n) is 3.10. The second-order valence-electron chi connectivity index (χ2n) is 5.92. The van der Waals surface area contributed by atoms with Crippen LogP contribution in [0, 0.1) is 17.2 Å². The Hall–Kier alpha value is -0.850. The van der Waals surface area contributed by atoms with Crippen LogP contribution in [0.15, 0.2) is 24.3 Å². The molecule has 1 aliphatic rings. The second-order valence-corrected chi connectivity index (χ2v) is 5.92. The largest absolute Gasteiger partial charge is 0.207 e. The Kier molecular flexibility index (Phi) is 2.57. The Morgan fingerprint density at radius 1 is 1.20 bits per heavy atom. The van der Waals surface area contributed by atoms with Crippen LogP contribution in [-0.4, -0.2) is 0 Å². The summed E-state index contributed by atoms with van der Waals surface area (Å²) >= 11 is 0. The second kappa shape index (κ2) is 3.62. The minimum atomic E-state index is -0.133. The van der Waals surface area contributed by atoms with Crippen molar-refractivity contribution in [2.24, 2.45) is 11.3 Å². The monoisotopic (exact) mass is 206 g/mol. The van der Waals surface area contributed by atoms with E-state index in [4.69, 9.17) is 0 Å². The van der Waals surface area contributed by atoms with Gasteiger partial charge in [-0.3, -0.25) is 0 Å². The van der Waals surface area contributed by atoms with Crippen LogP contribution in [0.2, 0.25) is 0 Å². The summed E-state index contributed by atoms with van der Waals surface area (Å²) < 4.78 is 12.7. The highest BCUT2D eigenvalue weighted by Gasteiger charge is 2.40. The number of benzene rings is 1. The zero-order valence-corrected chi connectivity index (χ0v) is 9.76. The van der Waals surface area contributed by atoms with Gasteiger partial charge >= 0.3 is 0 Å². The van der Waals surface area contributed by atoms with Crippen molar-refractivity contribution in [2.45, 2.75) is 39.5 Å². The van der Waals surface area contributed by atoms with E-state index in [2.05, 4.69) is 20.8 Å². The number of hydrogen-bond acceptors (Lipinski definition) is 0. The maximum Gasteiger partial charge on any atom is 0.123 e. The van der Waals surface area contributed by atoms with Gasteiger partial charge in [-0.1, -0.05) is 32.9 Å². The van der Waals surface area contributed by atoms with Crippen molar-refractivity contribution < 1.29 is 4.39 Å². The molecule has 1 aromatic carbocycles. The van der Waals surface area contributed by atoms with E-state index < -0.39 is 0 Å². The minimum absolute atomic E-state index is 0.133. The molecule has 0 spiro atoms. The van der Waals surface area contributed by atoms with Gasteiger partial charge in [-0.15, -0.1) is 0 Å². The van der Waals surface area contributed by atoms with Crippen LogP contribution in [0.5, 0.6) is 0 Å². The van der Waals surface area contributed by atoms with Crippen molar-refractivity contribution in [2.75, 3.05) is 0 Å². The Balaban J connectivity index is 1.96. The summed E-state index contributed by atoms with van der Waals surface area (Å²) in [5.74, 6) is 1.37. The predicted molar refractivity (Wildman–Crippen MR) is 61.3 cm³/mol. The van der Waals surface area contributed by atoms with Gasteiger partial charge in [-0.05, 0) is 47.8 Å². The first-order chi connectivity index (χ1) is 6.96. The molecule has 0 amide bonds. The summed E-state index contributed by atoms with van der Waals surface area (Å²) in [6.07, 6.45) is 2.55. The average Bonchev–Trinajstić information content (AvgIpc) is 2.82. The molecule has 1 saturated carbocycles. The van der Waals surface area contributed by atoms with Crippen molar-refractivity contribution >= 4 is 0 Å². The van der Waals surface area contributed by atoms with Gasteiger partial charge in [0.2, 0.25) is 0 Å². The number of hydrogen-bond donors (Lipinski definition) is 0. The third-order valence-corrected chi connectivity index (χ3v) is 3.10. The van der Waals surface area contributed by atoms with Gasteiger partial charge in [0, 0.05) is 0 Å². The van der Waals surface area contributed by atoms with Crippen LogP contribution in [-0.2, 0) is 0 Å². The lowest BCUT2D eigenvalue weighted by molar-refractivity contribution is 0.350. The van der Waals surface area contributed by atoms with E-state index in [0.29, 0.717) is 11.3 Å². The van der Waals surface area contributed by atoms with Crippen LogP contribution < -0.4 is 0 Å². The van der Waals surface area contributed by atoms with Crippen LogP contribution in [0.25, 0.3) is 0 Å². The predicted octanol–water partition coefficient (Wildman–Crippen LogP) is 4.37. The highest BCUT2D eigenvalue weighted by atomic mass is 19.1. The Labute approximate surface area is 91.5 Å². The van der Waals surface area contributed by atoms with E-state index in [0.717, 1.165) is 5.92 Å². The standard InChI is InChI=1S/C14H19F/c1-14(2,3)9-11-8-13(11)10-4-6-12(15)7-5-10/h4-7,11,13H,8-9H2,1-3H3/t11-,13-/m0/s1. The lowest BCUT2D eigenvalue weighted by Gasteiger charge is -2.17. The Morgan fingerprint density at radius 2 is 1.80 bits per heavy atom. The summed E-state index contributed by atoms with van der Waals surface area (Å²) in [6, 6.07) is 7.01. The third kappa shape index (κ3) is 2.80. The van der Waals surface area contributed by atoms with Gasteiger partial charge in [0.15, 0.2) is 0 Å². The van der Waals surface area contributed by atoms with Crippen LogP contribution in [0.1, 0.15) is 45.1 Å². The molecular formula is C14H19F. The van der Waals surface area contributed by atoms with Crippen molar-refractivity contribution in [1.82, 2.24) is 0 Å². The molecule has 0 nitrogen and oxygen atoms in total. The summed E-state index contributed by atoms with van der Waals surface area (Å²) in [5, 5.41) is 0. The fourth-order valence-corrected chi connectivity index (χ4v) is 2.38. The topological polar surface area (TPSA) is 0 Å². The molecule has 0 aromatic heterocycles.